The first-order valence-corrected chi connectivity index (χ1v) is 7.45. The molecule has 0 saturated heterocycles. The highest BCUT2D eigenvalue weighted by Crippen LogP contribution is 2.20. The second kappa shape index (κ2) is 9.79. The number of hydrogen-bond acceptors (Lipinski definition) is 3. The fourth-order valence-corrected chi connectivity index (χ4v) is 2.08. The van der Waals surface area contributed by atoms with Crippen molar-refractivity contribution in [1.82, 2.24) is 10.2 Å². The van der Waals surface area contributed by atoms with Crippen molar-refractivity contribution in [2.75, 3.05) is 11.9 Å². The molecule has 0 aromatic carbocycles. The van der Waals surface area contributed by atoms with Crippen LogP contribution in [0.5, 0.6) is 0 Å². The standard InChI is InChI=1S/C15H28N4O.ClH/c1-15(2,3)11-12-10-13(19-18-12)17-14(20)8-6-4-5-7-9-16;/h10H,4-9,11,16H2,1-3H3,(H2,17,18,19,20);1H. The summed E-state index contributed by atoms with van der Waals surface area (Å²) in [5.74, 6) is 0.655. The van der Waals surface area contributed by atoms with E-state index in [1.807, 2.05) is 6.07 Å². The fourth-order valence-electron chi connectivity index (χ4n) is 2.08. The highest BCUT2D eigenvalue weighted by molar-refractivity contribution is 5.89. The van der Waals surface area contributed by atoms with Crippen LogP contribution in [0.3, 0.4) is 0 Å². The van der Waals surface area contributed by atoms with Gasteiger partial charge in [0.25, 0.3) is 0 Å². The van der Waals surface area contributed by atoms with Gasteiger partial charge < -0.3 is 11.1 Å². The maximum atomic E-state index is 11.7. The number of amides is 1. The van der Waals surface area contributed by atoms with Gasteiger partial charge in [-0.2, -0.15) is 5.10 Å². The summed E-state index contributed by atoms with van der Waals surface area (Å²) in [5.41, 5.74) is 6.68. The average molecular weight is 317 g/mol. The number of halogens is 1. The van der Waals surface area contributed by atoms with Crippen LogP contribution < -0.4 is 11.1 Å². The Kier molecular flexibility index (Phi) is 9.29. The van der Waals surface area contributed by atoms with E-state index in [1.165, 1.54) is 0 Å². The summed E-state index contributed by atoms with van der Waals surface area (Å²) < 4.78 is 0. The van der Waals surface area contributed by atoms with Crippen LogP contribution in [0.4, 0.5) is 5.82 Å². The zero-order valence-corrected chi connectivity index (χ0v) is 14.2. The Morgan fingerprint density at radius 2 is 1.95 bits per heavy atom. The van der Waals surface area contributed by atoms with E-state index in [0.717, 1.165) is 44.3 Å². The summed E-state index contributed by atoms with van der Waals surface area (Å²) in [5, 5.41) is 9.93. The number of carbonyl (C=O) groups is 1. The van der Waals surface area contributed by atoms with Crippen LogP contribution in [0.15, 0.2) is 6.07 Å². The van der Waals surface area contributed by atoms with Crippen molar-refractivity contribution in [1.29, 1.82) is 0 Å². The highest BCUT2D eigenvalue weighted by Gasteiger charge is 2.13. The smallest absolute Gasteiger partial charge is 0.225 e. The monoisotopic (exact) mass is 316 g/mol. The molecule has 0 aliphatic carbocycles. The summed E-state index contributed by atoms with van der Waals surface area (Å²) in [6.07, 6.45) is 5.56. The molecule has 5 nitrogen and oxygen atoms in total. The van der Waals surface area contributed by atoms with E-state index in [4.69, 9.17) is 5.73 Å². The molecule has 4 N–H and O–H groups in total. The first kappa shape index (κ1) is 19.9. The third-order valence-electron chi connectivity index (χ3n) is 2.98. The largest absolute Gasteiger partial charge is 0.330 e. The lowest BCUT2D eigenvalue weighted by atomic mass is 9.91. The van der Waals surface area contributed by atoms with Gasteiger partial charge in [-0.05, 0) is 31.2 Å². The highest BCUT2D eigenvalue weighted by atomic mass is 35.5. The molecular formula is C15H29ClN4O. The lowest BCUT2D eigenvalue weighted by Gasteiger charge is -2.15. The number of carbonyl (C=O) groups excluding carboxylic acids is 1. The van der Waals surface area contributed by atoms with Crippen molar-refractivity contribution >= 4 is 24.1 Å². The van der Waals surface area contributed by atoms with Crippen LogP contribution in [0.1, 0.15) is 58.6 Å². The molecule has 0 fully saturated rings. The lowest BCUT2D eigenvalue weighted by Crippen LogP contribution is -2.11. The Morgan fingerprint density at radius 1 is 1.29 bits per heavy atom. The van der Waals surface area contributed by atoms with Crippen LogP contribution in [0, 0.1) is 5.41 Å². The molecule has 0 saturated carbocycles. The van der Waals surface area contributed by atoms with Crippen molar-refractivity contribution in [3.63, 3.8) is 0 Å². The molecule has 0 aliphatic rings. The zero-order chi connectivity index (χ0) is 15.0. The van der Waals surface area contributed by atoms with E-state index in [1.54, 1.807) is 0 Å². The SMILES string of the molecule is CC(C)(C)Cc1cc(NC(=O)CCCCCCN)n[nH]1.Cl. The number of nitrogens with zero attached hydrogens (tertiary/aromatic N) is 1. The van der Waals surface area contributed by atoms with Gasteiger partial charge in [-0.1, -0.05) is 33.6 Å². The fraction of sp³-hybridized carbons (Fsp3) is 0.733. The van der Waals surface area contributed by atoms with Crippen LogP contribution in [-0.2, 0) is 11.2 Å². The molecule has 0 atom stereocenters. The van der Waals surface area contributed by atoms with Gasteiger partial charge in [-0.3, -0.25) is 9.89 Å². The summed E-state index contributed by atoms with van der Waals surface area (Å²) in [6.45, 7) is 7.25. The van der Waals surface area contributed by atoms with E-state index in [2.05, 4.69) is 36.3 Å². The first-order chi connectivity index (χ1) is 9.40. The molecule has 1 aromatic rings. The molecule has 6 heteroatoms. The number of hydrogen-bond donors (Lipinski definition) is 3. The van der Waals surface area contributed by atoms with Crippen LogP contribution in [0.2, 0.25) is 0 Å². The Balaban J connectivity index is 0.00000400. The maximum Gasteiger partial charge on any atom is 0.225 e. The summed E-state index contributed by atoms with van der Waals surface area (Å²) >= 11 is 0. The molecule has 122 valence electrons. The number of unbranched alkanes of at least 4 members (excludes halogenated alkanes) is 3. The van der Waals surface area contributed by atoms with Crippen LogP contribution in [-0.4, -0.2) is 22.6 Å². The van der Waals surface area contributed by atoms with Crippen molar-refractivity contribution < 1.29 is 4.79 Å². The average Bonchev–Trinajstić information content (AvgIpc) is 2.73. The van der Waals surface area contributed by atoms with Gasteiger partial charge in [0.15, 0.2) is 5.82 Å². The maximum absolute atomic E-state index is 11.7. The quantitative estimate of drug-likeness (QED) is 0.644. The molecule has 1 amide bonds. The molecule has 0 radical (unpaired) electrons. The van der Waals surface area contributed by atoms with Gasteiger partial charge in [-0.25, -0.2) is 0 Å². The van der Waals surface area contributed by atoms with Gasteiger partial charge in [-0.15, -0.1) is 12.4 Å². The van der Waals surface area contributed by atoms with Gasteiger partial charge in [0.05, 0.1) is 0 Å². The number of aromatic amines is 1. The lowest BCUT2D eigenvalue weighted by molar-refractivity contribution is -0.116. The Hall–Kier alpha value is -1.07. The van der Waals surface area contributed by atoms with E-state index in [-0.39, 0.29) is 23.7 Å². The normalized spacial score (nSPS) is 11.0. The molecular weight excluding hydrogens is 288 g/mol. The molecule has 0 unspecified atom stereocenters. The summed E-state index contributed by atoms with van der Waals surface area (Å²) in [6, 6.07) is 1.91. The van der Waals surface area contributed by atoms with E-state index < -0.39 is 0 Å². The first-order valence-electron chi connectivity index (χ1n) is 7.45. The Morgan fingerprint density at radius 3 is 2.57 bits per heavy atom. The number of anilines is 1. The predicted molar refractivity (Wildman–Crippen MR) is 89.8 cm³/mol. The molecule has 1 heterocycles. The second-order valence-corrected chi connectivity index (χ2v) is 6.52. The molecule has 21 heavy (non-hydrogen) atoms. The van der Waals surface area contributed by atoms with Gasteiger partial charge in [0, 0.05) is 18.2 Å². The van der Waals surface area contributed by atoms with Crippen molar-refractivity contribution in [2.45, 2.75) is 59.3 Å². The van der Waals surface area contributed by atoms with Gasteiger partial charge >= 0.3 is 0 Å². The molecule has 0 bridgehead atoms. The molecule has 0 aliphatic heterocycles. The molecule has 1 aromatic heterocycles. The molecule has 0 spiro atoms. The minimum atomic E-state index is 0. The Labute approximate surface area is 133 Å². The molecule has 1 rings (SSSR count). The minimum absolute atomic E-state index is 0. The van der Waals surface area contributed by atoms with E-state index >= 15 is 0 Å². The van der Waals surface area contributed by atoms with E-state index in [9.17, 15) is 4.79 Å². The van der Waals surface area contributed by atoms with Gasteiger partial charge in [0.2, 0.25) is 5.91 Å². The second-order valence-electron chi connectivity index (χ2n) is 6.52. The number of rotatable bonds is 8. The summed E-state index contributed by atoms with van der Waals surface area (Å²) in [7, 11) is 0. The number of nitrogens with two attached hydrogens (primary N) is 1. The third kappa shape index (κ3) is 9.47. The zero-order valence-electron chi connectivity index (χ0n) is 13.4. The van der Waals surface area contributed by atoms with Crippen molar-refractivity contribution in [3.8, 4) is 0 Å². The minimum Gasteiger partial charge on any atom is -0.330 e. The van der Waals surface area contributed by atoms with E-state index in [0.29, 0.717) is 12.2 Å². The number of H-pyrrole nitrogens is 1. The number of aromatic nitrogens is 2. The van der Waals surface area contributed by atoms with Crippen molar-refractivity contribution in [2.24, 2.45) is 11.1 Å². The Bertz CT molecular complexity index is 412. The van der Waals surface area contributed by atoms with Gasteiger partial charge in [0.1, 0.15) is 0 Å². The predicted octanol–water partition coefficient (Wildman–Crippen LogP) is 3.27. The topological polar surface area (TPSA) is 83.8 Å². The summed E-state index contributed by atoms with van der Waals surface area (Å²) in [4.78, 5) is 11.7. The number of nitrogens with one attached hydrogen (secondary N) is 2. The van der Waals surface area contributed by atoms with Crippen LogP contribution in [0.25, 0.3) is 0 Å². The van der Waals surface area contributed by atoms with Crippen molar-refractivity contribution in [3.05, 3.63) is 11.8 Å². The third-order valence-corrected chi connectivity index (χ3v) is 2.98. The van der Waals surface area contributed by atoms with Crippen LogP contribution >= 0.6 is 12.4 Å².